The summed E-state index contributed by atoms with van der Waals surface area (Å²) in [6.07, 6.45) is 1.65. The predicted molar refractivity (Wildman–Crippen MR) is 72.2 cm³/mol. The lowest BCUT2D eigenvalue weighted by Gasteiger charge is -2.07. The molecular weight excluding hydrogens is 273 g/mol. The molecule has 0 bridgehead atoms. The number of ether oxygens (including phenoxy) is 1. The van der Waals surface area contributed by atoms with Crippen molar-refractivity contribution in [1.82, 2.24) is 4.98 Å². The third-order valence-electron chi connectivity index (χ3n) is 2.46. The highest BCUT2D eigenvalue weighted by molar-refractivity contribution is 6.39. The minimum absolute atomic E-state index is 0.313. The van der Waals surface area contributed by atoms with Crippen LogP contribution in [0, 0.1) is 0 Å². The highest BCUT2D eigenvalue weighted by Gasteiger charge is 2.18. The molecule has 3 nitrogen and oxygen atoms in total. The van der Waals surface area contributed by atoms with Gasteiger partial charge in [0.1, 0.15) is 5.69 Å². The van der Waals surface area contributed by atoms with Crippen molar-refractivity contribution in [2.24, 2.45) is 0 Å². The Morgan fingerprint density at radius 2 is 1.94 bits per heavy atom. The van der Waals surface area contributed by atoms with Crippen LogP contribution in [0.3, 0.4) is 0 Å². The number of H-pyrrole nitrogens is 1. The van der Waals surface area contributed by atoms with E-state index in [-0.39, 0.29) is 0 Å². The number of carbonyl (C=O) groups is 1. The Labute approximate surface area is 115 Å². The van der Waals surface area contributed by atoms with Crippen molar-refractivity contribution < 1.29 is 9.53 Å². The maximum Gasteiger partial charge on any atom is 0.355 e. The van der Waals surface area contributed by atoms with E-state index in [1.165, 1.54) is 0 Å². The fraction of sp³-hybridized carbons (Fsp3) is 0.154. The molecule has 0 fully saturated rings. The SMILES string of the molecule is CCOC(=O)c1[nH]ccc1-c1c(Cl)cccc1Cl. The Balaban J connectivity index is 2.52. The summed E-state index contributed by atoms with van der Waals surface area (Å²) in [6, 6.07) is 6.96. The average molecular weight is 284 g/mol. The summed E-state index contributed by atoms with van der Waals surface area (Å²) < 4.78 is 4.97. The molecular formula is C13H11Cl2NO2. The number of rotatable bonds is 3. The number of carbonyl (C=O) groups excluding carboxylic acids is 1. The molecule has 0 atom stereocenters. The van der Waals surface area contributed by atoms with Gasteiger partial charge in [-0.2, -0.15) is 0 Å². The minimum atomic E-state index is -0.423. The van der Waals surface area contributed by atoms with E-state index < -0.39 is 5.97 Å². The van der Waals surface area contributed by atoms with E-state index in [1.807, 2.05) is 0 Å². The summed E-state index contributed by atoms with van der Waals surface area (Å²) >= 11 is 12.2. The monoisotopic (exact) mass is 283 g/mol. The Morgan fingerprint density at radius 3 is 2.56 bits per heavy atom. The van der Waals surface area contributed by atoms with E-state index in [0.29, 0.717) is 33.5 Å². The van der Waals surface area contributed by atoms with Gasteiger partial charge in [0.15, 0.2) is 0 Å². The van der Waals surface area contributed by atoms with E-state index in [0.717, 1.165) is 0 Å². The first-order chi connectivity index (χ1) is 8.65. The number of esters is 1. The van der Waals surface area contributed by atoms with Crippen LogP contribution in [-0.2, 0) is 4.74 Å². The van der Waals surface area contributed by atoms with Gasteiger partial charge >= 0.3 is 5.97 Å². The van der Waals surface area contributed by atoms with E-state index in [4.69, 9.17) is 27.9 Å². The second-order valence-corrected chi connectivity index (χ2v) is 4.40. The molecule has 0 saturated carbocycles. The zero-order valence-corrected chi connectivity index (χ0v) is 11.2. The summed E-state index contributed by atoms with van der Waals surface area (Å²) in [5.74, 6) is -0.423. The van der Waals surface area contributed by atoms with Crippen molar-refractivity contribution in [3.05, 3.63) is 46.2 Å². The number of halogens is 2. The Hall–Kier alpha value is -1.45. The van der Waals surface area contributed by atoms with Crippen molar-refractivity contribution in [3.63, 3.8) is 0 Å². The van der Waals surface area contributed by atoms with Gasteiger partial charge in [-0.05, 0) is 25.1 Å². The molecule has 5 heteroatoms. The predicted octanol–water partition coefficient (Wildman–Crippen LogP) is 4.17. The minimum Gasteiger partial charge on any atom is -0.461 e. The Bertz CT molecular complexity index is 558. The first-order valence-electron chi connectivity index (χ1n) is 5.44. The molecule has 0 radical (unpaired) electrons. The highest BCUT2D eigenvalue weighted by Crippen LogP contribution is 2.36. The topological polar surface area (TPSA) is 42.1 Å². The number of nitrogens with one attached hydrogen (secondary N) is 1. The van der Waals surface area contributed by atoms with Crippen molar-refractivity contribution in [2.45, 2.75) is 6.92 Å². The van der Waals surface area contributed by atoms with Crippen LogP contribution in [0.5, 0.6) is 0 Å². The lowest BCUT2D eigenvalue weighted by molar-refractivity contribution is 0.0521. The summed E-state index contributed by atoms with van der Waals surface area (Å²) in [5, 5.41) is 0.986. The van der Waals surface area contributed by atoms with Crippen molar-refractivity contribution in [1.29, 1.82) is 0 Å². The first kappa shape index (κ1) is 13.0. The van der Waals surface area contributed by atoms with E-state index in [2.05, 4.69) is 4.98 Å². The van der Waals surface area contributed by atoms with Crippen molar-refractivity contribution >= 4 is 29.2 Å². The summed E-state index contributed by atoms with van der Waals surface area (Å²) in [5.41, 5.74) is 1.63. The maximum atomic E-state index is 11.8. The average Bonchev–Trinajstić information content (AvgIpc) is 2.78. The molecule has 18 heavy (non-hydrogen) atoms. The Morgan fingerprint density at radius 1 is 1.28 bits per heavy atom. The Kier molecular flexibility index (Phi) is 3.94. The number of hydrogen-bond acceptors (Lipinski definition) is 2. The summed E-state index contributed by atoms with van der Waals surface area (Å²) in [6.45, 7) is 2.07. The molecule has 1 aromatic carbocycles. The van der Waals surface area contributed by atoms with Gasteiger partial charge in [0.25, 0.3) is 0 Å². The molecule has 0 aliphatic carbocycles. The molecule has 0 spiro atoms. The molecule has 0 unspecified atom stereocenters. The number of aromatic nitrogens is 1. The van der Waals surface area contributed by atoms with Gasteiger partial charge in [-0.1, -0.05) is 29.3 Å². The normalized spacial score (nSPS) is 10.4. The summed E-state index contributed by atoms with van der Waals surface area (Å²) in [7, 11) is 0. The van der Waals surface area contributed by atoms with Crippen LogP contribution in [0.1, 0.15) is 17.4 Å². The zero-order valence-electron chi connectivity index (χ0n) is 9.67. The van der Waals surface area contributed by atoms with Gasteiger partial charge in [0.2, 0.25) is 0 Å². The van der Waals surface area contributed by atoms with E-state index in [1.54, 1.807) is 37.4 Å². The quantitative estimate of drug-likeness (QED) is 0.860. The molecule has 0 saturated heterocycles. The van der Waals surface area contributed by atoms with Gasteiger partial charge in [0, 0.05) is 27.4 Å². The largest absolute Gasteiger partial charge is 0.461 e. The van der Waals surface area contributed by atoms with Gasteiger partial charge in [-0.15, -0.1) is 0 Å². The fourth-order valence-corrected chi connectivity index (χ4v) is 2.31. The van der Waals surface area contributed by atoms with Crippen LogP contribution in [0.25, 0.3) is 11.1 Å². The molecule has 0 amide bonds. The fourth-order valence-electron chi connectivity index (χ4n) is 1.71. The second-order valence-electron chi connectivity index (χ2n) is 3.58. The van der Waals surface area contributed by atoms with Crippen LogP contribution in [0.2, 0.25) is 10.0 Å². The van der Waals surface area contributed by atoms with Crippen molar-refractivity contribution in [2.75, 3.05) is 6.61 Å². The molecule has 1 N–H and O–H groups in total. The second kappa shape index (κ2) is 5.46. The first-order valence-corrected chi connectivity index (χ1v) is 6.19. The van der Waals surface area contributed by atoms with E-state index in [9.17, 15) is 4.79 Å². The number of benzene rings is 1. The van der Waals surface area contributed by atoms with Crippen LogP contribution in [0.4, 0.5) is 0 Å². The molecule has 0 aliphatic heterocycles. The lowest BCUT2D eigenvalue weighted by Crippen LogP contribution is -2.06. The van der Waals surface area contributed by atoms with Gasteiger partial charge in [-0.3, -0.25) is 0 Å². The van der Waals surface area contributed by atoms with Crippen LogP contribution in [-0.4, -0.2) is 17.6 Å². The third kappa shape index (κ3) is 2.37. The molecule has 94 valence electrons. The van der Waals surface area contributed by atoms with Crippen LogP contribution >= 0.6 is 23.2 Å². The molecule has 0 aliphatic rings. The molecule has 1 aromatic heterocycles. The third-order valence-corrected chi connectivity index (χ3v) is 3.09. The number of hydrogen-bond donors (Lipinski definition) is 1. The smallest absolute Gasteiger partial charge is 0.355 e. The number of aromatic amines is 1. The summed E-state index contributed by atoms with van der Waals surface area (Å²) in [4.78, 5) is 14.6. The molecule has 2 rings (SSSR count). The van der Waals surface area contributed by atoms with E-state index >= 15 is 0 Å². The maximum absolute atomic E-state index is 11.8. The van der Waals surface area contributed by atoms with Crippen molar-refractivity contribution in [3.8, 4) is 11.1 Å². The van der Waals surface area contributed by atoms with Crippen LogP contribution < -0.4 is 0 Å². The zero-order chi connectivity index (χ0) is 13.1. The van der Waals surface area contributed by atoms with Gasteiger partial charge < -0.3 is 9.72 Å². The van der Waals surface area contributed by atoms with Gasteiger partial charge in [-0.25, -0.2) is 4.79 Å². The van der Waals surface area contributed by atoms with Crippen LogP contribution in [0.15, 0.2) is 30.5 Å². The van der Waals surface area contributed by atoms with Gasteiger partial charge in [0.05, 0.1) is 6.61 Å². The standard InChI is InChI=1S/C13H11Cl2NO2/c1-2-18-13(17)12-8(6-7-16-12)11-9(14)4-3-5-10(11)15/h3-7,16H,2H2,1H3. The lowest BCUT2D eigenvalue weighted by atomic mass is 10.1. The highest BCUT2D eigenvalue weighted by atomic mass is 35.5. The molecule has 2 aromatic rings. The molecule has 1 heterocycles.